The van der Waals surface area contributed by atoms with Crippen molar-refractivity contribution in [1.29, 1.82) is 0 Å². The summed E-state index contributed by atoms with van der Waals surface area (Å²) in [5.74, 6) is -0.835. The molecule has 1 aliphatic carbocycles. The Morgan fingerprint density at radius 2 is 2.15 bits per heavy atom. The van der Waals surface area contributed by atoms with Crippen molar-refractivity contribution in [3.63, 3.8) is 0 Å². The molecule has 1 aromatic rings. The third kappa shape index (κ3) is 1.99. The molecule has 1 aromatic carbocycles. The smallest absolute Gasteiger partial charge is 0.394 e. The minimum atomic E-state index is -4.23. The lowest BCUT2D eigenvalue weighted by molar-refractivity contribution is -0.237. The number of hydrogen-bond donors (Lipinski definition) is 0. The summed E-state index contributed by atoms with van der Waals surface area (Å²) in [7, 11) is 1.52. The summed E-state index contributed by atoms with van der Waals surface area (Å²) in [5, 5.41) is 0. The maximum absolute atomic E-state index is 13.4. The summed E-state index contributed by atoms with van der Waals surface area (Å²) in [6.45, 7) is 0.392. The second kappa shape index (κ2) is 4.65. The minimum absolute atomic E-state index is 0.100. The maximum Gasteiger partial charge on any atom is 0.394 e. The van der Waals surface area contributed by atoms with Gasteiger partial charge < -0.3 is 9.47 Å². The molecule has 0 radical (unpaired) electrons. The van der Waals surface area contributed by atoms with Gasteiger partial charge in [0.05, 0.1) is 13.0 Å². The molecule has 20 heavy (non-hydrogen) atoms. The standard InChI is InChI=1S/C15H17F3O2/c1-19-11-5-3-10-4-6-13(15(16,17)18)14(12(10)9-11)7-2-8-20-14/h3,5,9,13H,2,4,6-8H2,1H3/t13-,14-/m0/s1. The topological polar surface area (TPSA) is 18.5 Å². The van der Waals surface area contributed by atoms with E-state index < -0.39 is 17.7 Å². The summed E-state index contributed by atoms with van der Waals surface area (Å²) in [4.78, 5) is 0. The number of aryl methyl sites for hydroxylation is 1. The maximum atomic E-state index is 13.4. The van der Waals surface area contributed by atoms with E-state index >= 15 is 0 Å². The Labute approximate surface area is 115 Å². The Morgan fingerprint density at radius 1 is 1.35 bits per heavy atom. The van der Waals surface area contributed by atoms with Gasteiger partial charge in [0.25, 0.3) is 0 Å². The van der Waals surface area contributed by atoms with E-state index in [0.717, 1.165) is 5.56 Å². The normalized spacial score (nSPS) is 29.5. The number of alkyl halides is 3. The molecule has 1 saturated heterocycles. The van der Waals surface area contributed by atoms with Crippen molar-refractivity contribution < 1.29 is 22.6 Å². The van der Waals surface area contributed by atoms with Gasteiger partial charge in [0.1, 0.15) is 11.4 Å². The highest BCUT2D eigenvalue weighted by atomic mass is 19.4. The molecule has 110 valence electrons. The fraction of sp³-hybridized carbons (Fsp3) is 0.600. The van der Waals surface area contributed by atoms with E-state index in [0.29, 0.717) is 37.2 Å². The number of ether oxygens (including phenoxy) is 2. The number of methoxy groups -OCH3 is 1. The molecule has 3 rings (SSSR count). The lowest BCUT2D eigenvalue weighted by Gasteiger charge is -2.43. The predicted molar refractivity (Wildman–Crippen MR) is 67.7 cm³/mol. The number of halogens is 3. The summed E-state index contributed by atoms with van der Waals surface area (Å²) in [6.07, 6.45) is -2.59. The molecule has 0 bridgehead atoms. The van der Waals surface area contributed by atoms with E-state index in [4.69, 9.17) is 9.47 Å². The van der Waals surface area contributed by atoms with Gasteiger partial charge in [0.15, 0.2) is 0 Å². The van der Waals surface area contributed by atoms with Crippen LogP contribution in [0.5, 0.6) is 5.75 Å². The Hall–Kier alpha value is -1.23. The van der Waals surface area contributed by atoms with Gasteiger partial charge >= 0.3 is 6.18 Å². The molecule has 0 saturated carbocycles. The Morgan fingerprint density at radius 3 is 2.75 bits per heavy atom. The first-order chi connectivity index (χ1) is 9.47. The molecule has 1 fully saturated rings. The molecule has 5 heteroatoms. The van der Waals surface area contributed by atoms with Crippen LogP contribution < -0.4 is 4.74 Å². The van der Waals surface area contributed by atoms with Crippen molar-refractivity contribution in [3.05, 3.63) is 29.3 Å². The molecule has 0 aromatic heterocycles. The van der Waals surface area contributed by atoms with Gasteiger partial charge in [-0.3, -0.25) is 0 Å². The lowest BCUT2D eigenvalue weighted by Crippen LogP contribution is -2.46. The molecule has 0 unspecified atom stereocenters. The molecule has 0 amide bonds. The van der Waals surface area contributed by atoms with E-state index in [1.165, 1.54) is 7.11 Å². The van der Waals surface area contributed by atoms with Crippen LogP contribution in [-0.4, -0.2) is 19.9 Å². The van der Waals surface area contributed by atoms with E-state index in [9.17, 15) is 13.2 Å². The van der Waals surface area contributed by atoms with Gasteiger partial charge in [-0.1, -0.05) is 6.07 Å². The van der Waals surface area contributed by atoms with Crippen LogP contribution in [0.2, 0.25) is 0 Å². The molecular formula is C15H17F3O2. The first-order valence-corrected chi connectivity index (χ1v) is 6.85. The zero-order valence-electron chi connectivity index (χ0n) is 11.3. The Bertz CT molecular complexity index is 504. The number of rotatable bonds is 1. The van der Waals surface area contributed by atoms with Crippen molar-refractivity contribution in [2.75, 3.05) is 13.7 Å². The second-order valence-electron chi connectivity index (χ2n) is 5.50. The molecule has 1 spiro atoms. The van der Waals surface area contributed by atoms with E-state index in [-0.39, 0.29) is 6.42 Å². The van der Waals surface area contributed by atoms with Crippen molar-refractivity contribution in [3.8, 4) is 5.75 Å². The van der Waals surface area contributed by atoms with Gasteiger partial charge in [-0.25, -0.2) is 0 Å². The van der Waals surface area contributed by atoms with Crippen molar-refractivity contribution in [2.45, 2.75) is 37.5 Å². The van der Waals surface area contributed by atoms with Gasteiger partial charge in [-0.05, 0) is 48.9 Å². The van der Waals surface area contributed by atoms with Crippen LogP contribution in [-0.2, 0) is 16.8 Å². The fourth-order valence-electron chi connectivity index (χ4n) is 3.59. The summed E-state index contributed by atoms with van der Waals surface area (Å²) >= 11 is 0. The third-order valence-electron chi connectivity index (χ3n) is 4.49. The quantitative estimate of drug-likeness (QED) is 0.781. The van der Waals surface area contributed by atoms with Crippen molar-refractivity contribution >= 4 is 0 Å². The molecule has 0 N–H and O–H groups in total. The van der Waals surface area contributed by atoms with Crippen molar-refractivity contribution in [1.82, 2.24) is 0 Å². The lowest BCUT2D eigenvalue weighted by atomic mass is 9.69. The average Bonchev–Trinajstić information content (AvgIpc) is 2.87. The van der Waals surface area contributed by atoms with Crippen LogP contribution in [0.3, 0.4) is 0 Å². The molecule has 1 heterocycles. The average molecular weight is 286 g/mol. The number of fused-ring (bicyclic) bond motifs is 2. The Balaban J connectivity index is 2.13. The van der Waals surface area contributed by atoms with Crippen LogP contribution in [0, 0.1) is 5.92 Å². The zero-order chi connectivity index (χ0) is 14.4. The zero-order valence-corrected chi connectivity index (χ0v) is 11.3. The largest absolute Gasteiger partial charge is 0.497 e. The summed E-state index contributed by atoms with van der Waals surface area (Å²) < 4.78 is 51.0. The fourth-order valence-corrected chi connectivity index (χ4v) is 3.59. The first-order valence-electron chi connectivity index (χ1n) is 6.85. The minimum Gasteiger partial charge on any atom is -0.497 e. The van der Waals surface area contributed by atoms with E-state index in [2.05, 4.69) is 0 Å². The third-order valence-corrected chi connectivity index (χ3v) is 4.49. The van der Waals surface area contributed by atoms with Crippen LogP contribution >= 0.6 is 0 Å². The van der Waals surface area contributed by atoms with E-state index in [1.807, 2.05) is 6.07 Å². The molecule has 2 atom stereocenters. The monoisotopic (exact) mass is 286 g/mol. The van der Waals surface area contributed by atoms with Crippen LogP contribution in [0.25, 0.3) is 0 Å². The second-order valence-corrected chi connectivity index (χ2v) is 5.50. The van der Waals surface area contributed by atoms with Crippen molar-refractivity contribution in [2.24, 2.45) is 5.92 Å². The summed E-state index contributed by atoms with van der Waals surface area (Å²) in [6, 6.07) is 5.39. The highest BCUT2D eigenvalue weighted by molar-refractivity contribution is 5.42. The Kier molecular flexibility index (Phi) is 3.20. The van der Waals surface area contributed by atoms with Crippen LogP contribution in [0.4, 0.5) is 13.2 Å². The van der Waals surface area contributed by atoms with Gasteiger partial charge in [-0.2, -0.15) is 13.2 Å². The number of hydrogen-bond acceptors (Lipinski definition) is 2. The highest BCUT2D eigenvalue weighted by Gasteiger charge is 2.58. The van der Waals surface area contributed by atoms with E-state index in [1.54, 1.807) is 12.1 Å². The first kappa shape index (κ1) is 13.7. The number of benzene rings is 1. The van der Waals surface area contributed by atoms with Gasteiger partial charge in [-0.15, -0.1) is 0 Å². The van der Waals surface area contributed by atoms with Crippen LogP contribution in [0.1, 0.15) is 30.4 Å². The molecule has 1 aliphatic heterocycles. The SMILES string of the molecule is COc1ccc2c(c1)[C@@]1(CCCO1)[C@@H](C(F)(F)F)CC2. The molecular weight excluding hydrogens is 269 g/mol. The highest BCUT2D eigenvalue weighted by Crippen LogP contribution is 2.54. The molecule has 2 aliphatic rings. The summed E-state index contributed by atoms with van der Waals surface area (Å²) in [5.41, 5.74) is 0.413. The van der Waals surface area contributed by atoms with Crippen LogP contribution in [0.15, 0.2) is 18.2 Å². The van der Waals surface area contributed by atoms with Gasteiger partial charge in [0, 0.05) is 6.61 Å². The predicted octanol–water partition coefficient (Wildman–Crippen LogP) is 3.83. The van der Waals surface area contributed by atoms with Gasteiger partial charge in [0.2, 0.25) is 0 Å². The molecule has 2 nitrogen and oxygen atoms in total.